The third kappa shape index (κ3) is 13.8. The van der Waals surface area contributed by atoms with Crippen molar-refractivity contribution < 1.29 is 41.5 Å². The highest BCUT2D eigenvalue weighted by atomic mass is 19.3. The van der Waals surface area contributed by atoms with E-state index >= 15 is 0 Å². The lowest BCUT2D eigenvalue weighted by atomic mass is 9.80. The standard InChI is InChI=1S/C24H32N2O4.C23H28F2N2O3/c1-3-19(27)13-8-5-9-14-20(26-23(28)24(2)15-10-16-29-24)22-25-17-21(30-22)18-11-6-4-7-12-18;1-2-18(28)11-7-4-8-12-19(27-21(29)17-13-23(24,25)14-17)22-26-15-20(30-22)16-9-5-3-6-10-16/h4,6-7,11-12,17,20H,3,5,8-10,13-16H2,1-2H3,(H,26,28);3,5-6,9-10,15,17,19H,2,4,7-8,11-14H2,1H3,(H,27,29)/t20-,24-;/m0./s1. The van der Waals surface area contributed by atoms with E-state index < -0.39 is 36.3 Å². The topological polar surface area (TPSA) is 154 Å². The van der Waals surface area contributed by atoms with Crippen molar-refractivity contribution in [2.45, 2.75) is 147 Å². The van der Waals surface area contributed by atoms with Crippen LogP contribution in [0.4, 0.5) is 8.78 Å². The lowest BCUT2D eigenvalue weighted by Crippen LogP contribution is -2.45. The van der Waals surface area contributed by atoms with Gasteiger partial charge in [0.1, 0.15) is 29.3 Å². The fourth-order valence-corrected chi connectivity index (χ4v) is 7.34. The average Bonchev–Trinajstić information content (AvgIpc) is 4.05. The van der Waals surface area contributed by atoms with Crippen LogP contribution in [-0.2, 0) is 23.9 Å². The first-order chi connectivity index (χ1) is 28.9. The molecule has 60 heavy (non-hydrogen) atoms. The highest BCUT2D eigenvalue weighted by Gasteiger charge is 2.49. The third-order valence-corrected chi connectivity index (χ3v) is 11.2. The molecule has 2 N–H and O–H groups in total. The van der Waals surface area contributed by atoms with Gasteiger partial charge in [0, 0.05) is 62.2 Å². The first-order valence-corrected chi connectivity index (χ1v) is 21.6. The number of nitrogens with zero attached hydrogens (tertiary/aromatic N) is 2. The van der Waals surface area contributed by atoms with E-state index in [0.29, 0.717) is 80.6 Å². The molecule has 324 valence electrons. The number of oxazole rings is 2. The summed E-state index contributed by atoms with van der Waals surface area (Å²) in [5.41, 5.74) is 1.03. The van der Waals surface area contributed by atoms with Crippen molar-refractivity contribution in [1.82, 2.24) is 20.6 Å². The van der Waals surface area contributed by atoms with Gasteiger partial charge >= 0.3 is 0 Å². The molecule has 1 saturated heterocycles. The molecular formula is C47H60F2N4O7. The number of amides is 2. The Bertz CT molecular complexity index is 1950. The number of halogens is 2. The van der Waals surface area contributed by atoms with E-state index in [2.05, 4.69) is 20.6 Å². The summed E-state index contributed by atoms with van der Waals surface area (Å²) in [4.78, 5) is 57.1. The molecule has 1 unspecified atom stereocenters. The molecule has 0 bridgehead atoms. The van der Waals surface area contributed by atoms with Gasteiger partial charge in [-0.1, -0.05) is 100 Å². The molecule has 2 aromatic carbocycles. The molecular weight excluding hydrogens is 771 g/mol. The van der Waals surface area contributed by atoms with Crippen LogP contribution in [0.25, 0.3) is 22.6 Å². The maximum atomic E-state index is 13.1. The van der Waals surface area contributed by atoms with Gasteiger partial charge in [-0.25, -0.2) is 18.7 Å². The highest BCUT2D eigenvalue weighted by Crippen LogP contribution is 2.43. The summed E-state index contributed by atoms with van der Waals surface area (Å²) in [5.74, 6) is -1.23. The molecule has 13 heteroatoms. The predicted octanol–water partition coefficient (Wildman–Crippen LogP) is 10.5. The number of carbonyl (C=O) groups excluding carboxylic acids is 4. The van der Waals surface area contributed by atoms with Crippen molar-refractivity contribution in [3.05, 3.63) is 84.8 Å². The average molecular weight is 831 g/mol. The molecule has 1 aliphatic carbocycles. The van der Waals surface area contributed by atoms with Crippen LogP contribution in [0.1, 0.15) is 147 Å². The number of ether oxygens (including phenoxy) is 1. The van der Waals surface area contributed by atoms with Crippen LogP contribution in [0.3, 0.4) is 0 Å². The Hall–Kier alpha value is -5.04. The lowest BCUT2D eigenvalue weighted by Gasteiger charge is -2.34. The number of ketones is 2. The number of carbonyl (C=O) groups is 4. The first-order valence-electron chi connectivity index (χ1n) is 21.6. The van der Waals surface area contributed by atoms with Gasteiger partial charge in [-0.2, -0.15) is 0 Å². The molecule has 1 aliphatic heterocycles. The Morgan fingerprint density at radius 3 is 1.63 bits per heavy atom. The largest absolute Gasteiger partial charge is 0.438 e. The second-order valence-electron chi connectivity index (χ2n) is 16.1. The minimum absolute atomic E-state index is 0.120. The highest BCUT2D eigenvalue weighted by molar-refractivity contribution is 5.85. The van der Waals surface area contributed by atoms with Crippen LogP contribution in [0.2, 0.25) is 0 Å². The number of hydrogen-bond acceptors (Lipinski definition) is 9. The van der Waals surface area contributed by atoms with Crippen LogP contribution in [0.15, 0.2) is 81.9 Å². The number of nitrogens with one attached hydrogen (secondary N) is 2. The summed E-state index contributed by atoms with van der Waals surface area (Å²) in [6.07, 6.45) is 12.8. The number of hydrogen-bond donors (Lipinski definition) is 2. The van der Waals surface area contributed by atoms with E-state index in [4.69, 9.17) is 13.6 Å². The van der Waals surface area contributed by atoms with E-state index in [1.54, 1.807) is 12.4 Å². The molecule has 3 atom stereocenters. The van der Waals surface area contributed by atoms with E-state index in [-0.39, 0.29) is 23.6 Å². The van der Waals surface area contributed by atoms with E-state index in [0.717, 1.165) is 56.1 Å². The van der Waals surface area contributed by atoms with Crippen molar-refractivity contribution in [2.75, 3.05) is 6.61 Å². The Morgan fingerprint density at radius 2 is 1.20 bits per heavy atom. The molecule has 2 aliphatic rings. The monoisotopic (exact) mass is 830 g/mol. The SMILES string of the molecule is CCC(=O)CCCCCC(NC(=O)C1CC(F)(F)C1)c1ncc(-c2ccccc2)o1.CCC(=O)CCCCC[C@H](NC(=O)[C@]1(C)CCCO1)c1ncc(-c2ccccc2)o1. The molecule has 2 fully saturated rings. The number of aromatic nitrogens is 2. The summed E-state index contributed by atoms with van der Waals surface area (Å²) in [7, 11) is 0. The summed E-state index contributed by atoms with van der Waals surface area (Å²) < 4.78 is 43.9. The van der Waals surface area contributed by atoms with Gasteiger partial charge in [0.25, 0.3) is 5.91 Å². The maximum Gasteiger partial charge on any atom is 0.252 e. The Morgan fingerprint density at radius 1 is 0.717 bits per heavy atom. The number of Topliss-reactive ketones (excluding diaryl/α,β-unsaturated/α-hetero) is 2. The van der Waals surface area contributed by atoms with Gasteiger partial charge in [-0.05, 0) is 45.4 Å². The van der Waals surface area contributed by atoms with Crippen LogP contribution in [-0.4, -0.2) is 51.5 Å². The molecule has 3 heterocycles. The Kier molecular flexibility index (Phi) is 17.3. The number of rotatable bonds is 22. The van der Waals surface area contributed by atoms with E-state index in [1.807, 2.05) is 81.4 Å². The normalized spacial score (nSPS) is 18.1. The van der Waals surface area contributed by atoms with Crippen molar-refractivity contribution in [3.63, 3.8) is 0 Å². The van der Waals surface area contributed by atoms with Crippen molar-refractivity contribution in [2.24, 2.45) is 5.92 Å². The third-order valence-electron chi connectivity index (χ3n) is 11.2. The number of unbranched alkanes of at least 4 members (excludes halogenated alkanes) is 4. The fourth-order valence-electron chi connectivity index (χ4n) is 7.34. The fraction of sp³-hybridized carbons (Fsp3) is 0.532. The van der Waals surface area contributed by atoms with Gasteiger partial charge in [0.15, 0.2) is 11.5 Å². The maximum absolute atomic E-state index is 13.1. The lowest BCUT2D eigenvalue weighted by molar-refractivity contribution is -0.151. The number of benzene rings is 2. The van der Waals surface area contributed by atoms with E-state index in [1.165, 1.54) is 0 Å². The van der Waals surface area contributed by atoms with Crippen LogP contribution in [0.5, 0.6) is 0 Å². The molecule has 1 saturated carbocycles. The van der Waals surface area contributed by atoms with Gasteiger partial charge in [0.2, 0.25) is 23.6 Å². The number of alkyl halides is 2. The molecule has 0 radical (unpaired) electrons. The molecule has 0 spiro atoms. The summed E-state index contributed by atoms with van der Waals surface area (Å²) in [5, 5.41) is 5.96. The second kappa shape index (κ2) is 22.5. The zero-order valence-corrected chi connectivity index (χ0v) is 35.2. The second-order valence-corrected chi connectivity index (χ2v) is 16.1. The van der Waals surface area contributed by atoms with Gasteiger partial charge in [0.05, 0.1) is 12.4 Å². The molecule has 2 aromatic heterocycles. The Labute approximate surface area is 351 Å². The van der Waals surface area contributed by atoms with Crippen molar-refractivity contribution >= 4 is 23.4 Å². The zero-order chi connectivity index (χ0) is 43.0. The summed E-state index contributed by atoms with van der Waals surface area (Å²) in [6.45, 7) is 6.20. The van der Waals surface area contributed by atoms with Crippen molar-refractivity contribution in [3.8, 4) is 22.6 Å². The smallest absolute Gasteiger partial charge is 0.252 e. The minimum Gasteiger partial charge on any atom is -0.438 e. The van der Waals surface area contributed by atoms with Crippen molar-refractivity contribution in [1.29, 1.82) is 0 Å². The van der Waals surface area contributed by atoms with E-state index in [9.17, 15) is 28.0 Å². The van der Waals surface area contributed by atoms with Crippen LogP contribution in [0, 0.1) is 5.92 Å². The Balaban J connectivity index is 0.000000228. The molecule has 4 aromatic rings. The van der Waals surface area contributed by atoms with Gasteiger partial charge in [-0.3, -0.25) is 19.2 Å². The minimum atomic E-state index is -2.74. The quantitative estimate of drug-likeness (QED) is 0.0737. The molecule has 11 nitrogen and oxygen atoms in total. The summed E-state index contributed by atoms with van der Waals surface area (Å²) >= 11 is 0. The van der Waals surface area contributed by atoms with Crippen LogP contribution < -0.4 is 10.6 Å². The van der Waals surface area contributed by atoms with Gasteiger partial charge in [-0.15, -0.1) is 0 Å². The zero-order valence-electron chi connectivity index (χ0n) is 35.2. The first kappa shape index (κ1) is 46.0. The molecule has 6 rings (SSSR count). The summed E-state index contributed by atoms with van der Waals surface area (Å²) in [6, 6.07) is 18.5. The molecule has 2 amide bonds. The van der Waals surface area contributed by atoms with Gasteiger partial charge < -0.3 is 24.2 Å². The van der Waals surface area contributed by atoms with Crippen LogP contribution >= 0.6 is 0 Å². The predicted molar refractivity (Wildman–Crippen MR) is 224 cm³/mol.